The van der Waals surface area contributed by atoms with Crippen LogP contribution in [0.2, 0.25) is 5.02 Å². The number of piperazine rings is 1. The molecule has 0 N–H and O–H groups in total. The lowest BCUT2D eigenvalue weighted by atomic mass is 10.1. The van der Waals surface area contributed by atoms with Crippen molar-refractivity contribution in [3.8, 4) is 0 Å². The van der Waals surface area contributed by atoms with E-state index in [2.05, 4.69) is 11.0 Å². The van der Waals surface area contributed by atoms with Gasteiger partial charge in [0.25, 0.3) is 5.91 Å². The average Bonchev–Trinajstić information content (AvgIpc) is 3.13. The molecular weight excluding hydrogens is 362 g/mol. The molecule has 2 aliphatic heterocycles. The van der Waals surface area contributed by atoms with E-state index in [-0.39, 0.29) is 11.8 Å². The number of benzene rings is 2. The lowest BCUT2D eigenvalue weighted by Gasteiger charge is -2.35. The van der Waals surface area contributed by atoms with E-state index in [1.54, 1.807) is 12.1 Å². The van der Waals surface area contributed by atoms with Crippen molar-refractivity contribution in [1.29, 1.82) is 0 Å². The van der Waals surface area contributed by atoms with Crippen LogP contribution in [0.5, 0.6) is 0 Å². The minimum atomic E-state index is -0.0416. The Bertz CT molecular complexity index is 862. The molecule has 2 heterocycles. The molecule has 0 aromatic heterocycles. The van der Waals surface area contributed by atoms with Crippen LogP contribution in [0.1, 0.15) is 15.9 Å². The highest BCUT2D eigenvalue weighted by Gasteiger charge is 2.28. The van der Waals surface area contributed by atoms with Gasteiger partial charge in [-0.25, -0.2) is 0 Å². The summed E-state index contributed by atoms with van der Waals surface area (Å²) in [5, 5.41) is 0.479. The van der Waals surface area contributed by atoms with Gasteiger partial charge in [0.2, 0.25) is 5.91 Å². The van der Waals surface area contributed by atoms with Gasteiger partial charge < -0.3 is 9.80 Å². The van der Waals surface area contributed by atoms with E-state index in [1.165, 1.54) is 5.56 Å². The zero-order valence-electron chi connectivity index (χ0n) is 15.1. The third-order valence-corrected chi connectivity index (χ3v) is 5.64. The second kappa shape index (κ2) is 7.71. The number of hydrogen-bond acceptors (Lipinski definition) is 3. The number of para-hydroxylation sites is 1. The van der Waals surface area contributed by atoms with Crippen LogP contribution in [0, 0.1) is 0 Å². The summed E-state index contributed by atoms with van der Waals surface area (Å²) in [5.41, 5.74) is 2.81. The molecule has 2 aliphatic rings. The van der Waals surface area contributed by atoms with E-state index < -0.39 is 0 Å². The minimum Gasteiger partial charge on any atom is -0.336 e. The van der Waals surface area contributed by atoms with Gasteiger partial charge in [-0.15, -0.1) is 0 Å². The second-order valence-electron chi connectivity index (χ2n) is 6.97. The number of carbonyl (C=O) groups excluding carboxylic acids is 2. The lowest BCUT2D eigenvalue weighted by molar-refractivity contribution is -0.120. The quantitative estimate of drug-likeness (QED) is 0.818. The molecule has 2 aromatic rings. The fourth-order valence-electron chi connectivity index (χ4n) is 3.79. The largest absolute Gasteiger partial charge is 0.336 e. The molecule has 1 saturated heterocycles. The molecule has 0 atom stereocenters. The average molecular weight is 384 g/mol. The predicted octanol–water partition coefficient (Wildman–Crippen LogP) is 2.69. The van der Waals surface area contributed by atoms with Crippen molar-refractivity contribution in [2.24, 2.45) is 0 Å². The van der Waals surface area contributed by atoms with E-state index in [0.29, 0.717) is 43.3 Å². The van der Waals surface area contributed by atoms with E-state index in [1.807, 2.05) is 40.1 Å². The zero-order valence-corrected chi connectivity index (χ0v) is 15.9. The van der Waals surface area contributed by atoms with Gasteiger partial charge in [0.05, 0.1) is 17.1 Å². The smallest absolute Gasteiger partial charge is 0.255 e. The molecule has 0 saturated carbocycles. The van der Waals surface area contributed by atoms with Crippen molar-refractivity contribution < 1.29 is 9.59 Å². The fraction of sp³-hybridized carbons (Fsp3) is 0.333. The third kappa shape index (κ3) is 3.70. The molecule has 0 aliphatic carbocycles. The summed E-state index contributed by atoms with van der Waals surface area (Å²) < 4.78 is 0. The first-order valence-corrected chi connectivity index (χ1v) is 9.66. The van der Waals surface area contributed by atoms with Crippen molar-refractivity contribution >= 4 is 29.1 Å². The summed E-state index contributed by atoms with van der Waals surface area (Å²) >= 11 is 6.14. The Kier molecular flexibility index (Phi) is 5.14. The van der Waals surface area contributed by atoms with E-state index in [0.717, 1.165) is 18.7 Å². The van der Waals surface area contributed by atoms with Gasteiger partial charge in [0, 0.05) is 38.4 Å². The van der Waals surface area contributed by atoms with Crippen LogP contribution in [0.3, 0.4) is 0 Å². The summed E-state index contributed by atoms with van der Waals surface area (Å²) in [6.45, 7) is 3.74. The molecule has 2 amide bonds. The Morgan fingerprint density at radius 2 is 1.59 bits per heavy atom. The summed E-state index contributed by atoms with van der Waals surface area (Å²) in [6.07, 6.45) is 0.919. The monoisotopic (exact) mass is 383 g/mol. The van der Waals surface area contributed by atoms with Crippen molar-refractivity contribution in [1.82, 2.24) is 9.80 Å². The first-order chi connectivity index (χ1) is 13.1. The highest BCUT2D eigenvalue weighted by Crippen LogP contribution is 2.27. The molecule has 0 unspecified atom stereocenters. The third-order valence-electron chi connectivity index (χ3n) is 5.31. The van der Waals surface area contributed by atoms with E-state index in [9.17, 15) is 9.59 Å². The van der Waals surface area contributed by atoms with Gasteiger partial charge in [-0.1, -0.05) is 41.9 Å². The van der Waals surface area contributed by atoms with Gasteiger partial charge in [-0.05, 0) is 30.2 Å². The summed E-state index contributed by atoms with van der Waals surface area (Å²) in [7, 11) is 0. The first kappa shape index (κ1) is 18.0. The maximum atomic E-state index is 12.7. The number of rotatable bonds is 3. The molecule has 2 aromatic carbocycles. The summed E-state index contributed by atoms with van der Waals surface area (Å²) in [6, 6.07) is 15.2. The van der Waals surface area contributed by atoms with Crippen LogP contribution in [0.15, 0.2) is 48.5 Å². The highest BCUT2D eigenvalue weighted by atomic mass is 35.5. The zero-order chi connectivity index (χ0) is 18.8. The van der Waals surface area contributed by atoms with Gasteiger partial charge in [0.15, 0.2) is 0 Å². The Morgan fingerprint density at radius 1 is 0.889 bits per heavy atom. The van der Waals surface area contributed by atoms with Crippen LogP contribution >= 0.6 is 11.6 Å². The van der Waals surface area contributed by atoms with Gasteiger partial charge in [0.1, 0.15) is 0 Å². The summed E-state index contributed by atoms with van der Waals surface area (Å²) in [4.78, 5) is 31.2. The van der Waals surface area contributed by atoms with Crippen LogP contribution in [0.4, 0.5) is 5.69 Å². The first-order valence-electron chi connectivity index (χ1n) is 9.28. The number of carbonyl (C=O) groups is 2. The summed E-state index contributed by atoms with van der Waals surface area (Å²) in [5.74, 6) is 0.0888. The Hall–Kier alpha value is -2.37. The number of hydrogen-bond donors (Lipinski definition) is 0. The van der Waals surface area contributed by atoms with Crippen LogP contribution < -0.4 is 4.90 Å². The topological polar surface area (TPSA) is 43.9 Å². The molecule has 1 fully saturated rings. The number of nitrogens with zero attached hydrogens (tertiary/aromatic N) is 3. The van der Waals surface area contributed by atoms with Gasteiger partial charge in [-0.3, -0.25) is 14.5 Å². The number of halogens is 1. The van der Waals surface area contributed by atoms with E-state index >= 15 is 0 Å². The second-order valence-corrected chi connectivity index (χ2v) is 7.38. The normalized spacial score (nSPS) is 17.1. The van der Waals surface area contributed by atoms with Crippen LogP contribution in [-0.4, -0.2) is 60.9 Å². The maximum Gasteiger partial charge on any atom is 0.255 e. The van der Waals surface area contributed by atoms with Crippen molar-refractivity contribution in [2.45, 2.75) is 6.42 Å². The highest BCUT2D eigenvalue weighted by molar-refractivity contribution is 6.33. The maximum absolute atomic E-state index is 12.7. The predicted molar refractivity (Wildman–Crippen MR) is 106 cm³/mol. The Morgan fingerprint density at radius 3 is 2.37 bits per heavy atom. The van der Waals surface area contributed by atoms with Gasteiger partial charge in [-0.2, -0.15) is 0 Å². The molecule has 6 heteroatoms. The van der Waals surface area contributed by atoms with Crippen molar-refractivity contribution in [3.05, 3.63) is 64.7 Å². The van der Waals surface area contributed by atoms with E-state index in [4.69, 9.17) is 11.6 Å². The molecule has 27 heavy (non-hydrogen) atoms. The Balaban J connectivity index is 1.33. The van der Waals surface area contributed by atoms with Crippen LogP contribution in [0.25, 0.3) is 0 Å². The molecule has 140 valence electrons. The van der Waals surface area contributed by atoms with Crippen LogP contribution in [-0.2, 0) is 11.2 Å². The standard InChI is InChI=1S/C21H22ClN3O2/c22-18-7-3-2-6-17(18)21(27)24-13-11-23(12-14-24)15-20(26)25-10-9-16-5-1-4-8-19(16)25/h1-8H,9-15H2. The number of amides is 2. The number of anilines is 1. The number of fused-ring (bicyclic) bond motifs is 1. The molecule has 5 nitrogen and oxygen atoms in total. The SMILES string of the molecule is O=C(c1ccccc1Cl)N1CCN(CC(=O)N2CCc3ccccc32)CC1. The van der Waals surface area contributed by atoms with Crippen molar-refractivity contribution in [2.75, 3.05) is 44.2 Å². The molecule has 0 bridgehead atoms. The lowest BCUT2D eigenvalue weighted by Crippen LogP contribution is -2.51. The van der Waals surface area contributed by atoms with Crippen molar-refractivity contribution in [3.63, 3.8) is 0 Å². The molecule has 0 spiro atoms. The fourth-order valence-corrected chi connectivity index (χ4v) is 4.00. The molecule has 4 rings (SSSR count). The Labute approximate surface area is 164 Å². The van der Waals surface area contributed by atoms with Gasteiger partial charge >= 0.3 is 0 Å². The molecule has 0 radical (unpaired) electrons. The molecular formula is C21H22ClN3O2. The minimum absolute atomic E-state index is 0.0416.